The molecule has 132 valence electrons. The molecule has 2 rings (SSSR count). The predicted molar refractivity (Wildman–Crippen MR) is 91.9 cm³/mol. The van der Waals surface area contributed by atoms with Gasteiger partial charge in [-0.05, 0) is 57.9 Å². The first-order valence-corrected chi connectivity index (χ1v) is 8.12. The van der Waals surface area contributed by atoms with E-state index in [1.807, 2.05) is 32.0 Å². The van der Waals surface area contributed by atoms with Crippen molar-refractivity contribution in [2.45, 2.75) is 58.8 Å². The van der Waals surface area contributed by atoms with Crippen molar-refractivity contribution in [1.82, 2.24) is 4.90 Å². The van der Waals surface area contributed by atoms with E-state index in [0.717, 1.165) is 11.1 Å². The van der Waals surface area contributed by atoms with Crippen molar-refractivity contribution in [3.8, 4) is 0 Å². The second-order valence-corrected chi connectivity index (χ2v) is 7.33. The Kier molecular flexibility index (Phi) is 5.18. The minimum absolute atomic E-state index is 0.0971. The number of hydrogen-bond acceptors (Lipinski definition) is 4. The minimum Gasteiger partial charge on any atom is -0.444 e. The summed E-state index contributed by atoms with van der Waals surface area (Å²) in [5, 5.41) is 12.7. The highest BCUT2D eigenvalue weighted by Gasteiger charge is 2.40. The summed E-state index contributed by atoms with van der Waals surface area (Å²) in [6.45, 7) is 9.36. The third-order valence-electron chi connectivity index (χ3n) is 3.98. The van der Waals surface area contributed by atoms with Crippen LogP contribution in [0, 0.1) is 13.8 Å². The molecule has 0 radical (unpaired) electrons. The lowest BCUT2D eigenvalue weighted by atomic mass is 10.1. The first-order chi connectivity index (χ1) is 11.1. The summed E-state index contributed by atoms with van der Waals surface area (Å²) in [4.78, 5) is 26.1. The Bertz CT molecular complexity index is 636. The third-order valence-corrected chi connectivity index (χ3v) is 3.98. The second-order valence-electron chi connectivity index (χ2n) is 7.33. The number of nitrogens with one attached hydrogen (secondary N) is 1. The minimum atomic E-state index is -0.739. The standard InChI is InChI=1S/C18H26N2O4/c1-11-6-7-13(8-12(11)2)19-16(22)15-9-14(21)10-20(15)17(23)24-18(3,4)5/h6-8,14-15,21H,9-10H2,1-5H3,(H,19,22). The van der Waals surface area contributed by atoms with Crippen molar-refractivity contribution in [3.05, 3.63) is 29.3 Å². The highest BCUT2D eigenvalue weighted by molar-refractivity contribution is 5.97. The quantitative estimate of drug-likeness (QED) is 0.871. The Morgan fingerprint density at radius 1 is 1.25 bits per heavy atom. The van der Waals surface area contributed by atoms with Crippen LogP contribution < -0.4 is 5.32 Å². The van der Waals surface area contributed by atoms with Crippen LogP contribution in [-0.4, -0.2) is 46.3 Å². The summed E-state index contributed by atoms with van der Waals surface area (Å²) >= 11 is 0. The molecule has 1 aromatic carbocycles. The van der Waals surface area contributed by atoms with Gasteiger partial charge >= 0.3 is 6.09 Å². The van der Waals surface area contributed by atoms with Crippen LogP contribution in [0.2, 0.25) is 0 Å². The highest BCUT2D eigenvalue weighted by Crippen LogP contribution is 2.23. The number of carbonyl (C=O) groups excluding carboxylic acids is 2. The van der Waals surface area contributed by atoms with Gasteiger partial charge in [0.2, 0.25) is 5.91 Å². The molecule has 1 aliphatic heterocycles. The van der Waals surface area contributed by atoms with E-state index in [2.05, 4.69) is 5.32 Å². The molecular weight excluding hydrogens is 308 g/mol. The Morgan fingerprint density at radius 2 is 1.92 bits per heavy atom. The van der Waals surface area contributed by atoms with Crippen LogP contribution in [0.3, 0.4) is 0 Å². The van der Waals surface area contributed by atoms with Gasteiger partial charge in [0.05, 0.1) is 12.6 Å². The Labute approximate surface area is 142 Å². The van der Waals surface area contributed by atoms with Gasteiger partial charge in [-0.15, -0.1) is 0 Å². The molecule has 1 aromatic rings. The summed E-state index contributed by atoms with van der Waals surface area (Å²) in [5.41, 5.74) is 2.23. The van der Waals surface area contributed by atoms with E-state index in [-0.39, 0.29) is 18.9 Å². The molecule has 1 heterocycles. The average molecular weight is 334 g/mol. The van der Waals surface area contributed by atoms with Gasteiger partial charge in [0.15, 0.2) is 0 Å². The van der Waals surface area contributed by atoms with Crippen molar-refractivity contribution >= 4 is 17.7 Å². The molecule has 2 atom stereocenters. The van der Waals surface area contributed by atoms with Crippen LogP contribution in [-0.2, 0) is 9.53 Å². The van der Waals surface area contributed by atoms with Crippen molar-refractivity contribution in [2.24, 2.45) is 0 Å². The highest BCUT2D eigenvalue weighted by atomic mass is 16.6. The molecule has 0 saturated carbocycles. The van der Waals surface area contributed by atoms with E-state index >= 15 is 0 Å². The fourth-order valence-corrected chi connectivity index (χ4v) is 2.63. The topological polar surface area (TPSA) is 78.9 Å². The van der Waals surface area contributed by atoms with Crippen LogP contribution in [0.1, 0.15) is 38.3 Å². The van der Waals surface area contributed by atoms with Gasteiger partial charge < -0.3 is 15.2 Å². The van der Waals surface area contributed by atoms with Gasteiger partial charge in [-0.3, -0.25) is 9.69 Å². The monoisotopic (exact) mass is 334 g/mol. The van der Waals surface area contributed by atoms with Crippen LogP contribution in [0.5, 0.6) is 0 Å². The number of anilines is 1. The van der Waals surface area contributed by atoms with Crippen molar-refractivity contribution in [1.29, 1.82) is 0 Å². The van der Waals surface area contributed by atoms with Crippen LogP contribution in [0.15, 0.2) is 18.2 Å². The molecule has 0 aliphatic carbocycles. The van der Waals surface area contributed by atoms with Gasteiger partial charge in [0, 0.05) is 12.1 Å². The van der Waals surface area contributed by atoms with Gasteiger partial charge in [-0.25, -0.2) is 4.79 Å². The smallest absolute Gasteiger partial charge is 0.411 e. The number of aryl methyl sites for hydroxylation is 2. The average Bonchev–Trinajstić information content (AvgIpc) is 2.83. The predicted octanol–water partition coefficient (Wildman–Crippen LogP) is 2.61. The molecule has 1 fully saturated rings. The first kappa shape index (κ1) is 18.3. The van der Waals surface area contributed by atoms with Crippen LogP contribution >= 0.6 is 0 Å². The fourth-order valence-electron chi connectivity index (χ4n) is 2.63. The maximum Gasteiger partial charge on any atom is 0.411 e. The normalized spacial score (nSPS) is 20.8. The number of aliphatic hydroxyl groups is 1. The summed E-state index contributed by atoms with van der Waals surface area (Å²) in [6, 6.07) is 4.90. The molecule has 0 aromatic heterocycles. The lowest BCUT2D eigenvalue weighted by Gasteiger charge is -2.27. The number of benzene rings is 1. The number of ether oxygens (including phenoxy) is 1. The second kappa shape index (κ2) is 6.81. The zero-order chi connectivity index (χ0) is 18.1. The van der Waals surface area contributed by atoms with E-state index < -0.39 is 23.8 Å². The zero-order valence-corrected chi connectivity index (χ0v) is 14.9. The number of aliphatic hydroxyl groups excluding tert-OH is 1. The molecule has 0 bridgehead atoms. The number of amides is 2. The van der Waals surface area contributed by atoms with Gasteiger partial charge in [-0.2, -0.15) is 0 Å². The van der Waals surface area contributed by atoms with Gasteiger partial charge in [0.25, 0.3) is 0 Å². The Balaban J connectivity index is 2.10. The van der Waals surface area contributed by atoms with E-state index in [1.54, 1.807) is 20.8 Å². The largest absolute Gasteiger partial charge is 0.444 e. The molecule has 24 heavy (non-hydrogen) atoms. The maximum atomic E-state index is 12.6. The van der Waals surface area contributed by atoms with Crippen molar-refractivity contribution < 1.29 is 19.4 Å². The molecule has 6 nitrogen and oxygen atoms in total. The summed E-state index contributed by atoms with van der Waals surface area (Å²) in [6.07, 6.45) is -1.11. The van der Waals surface area contributed by atoms with Crippen molar-refractivity contribution in [2.75, 3.05) is 11.9 Å². The summed E-state index contributed by atoms with van der Waals surface area (Å²) in [5.74, 6) is -0.319. The first-order valence-electron chi connectivity index (χ1n) is 8.12. The van der Waals surface area contributed by atoms with Crippen LogP contribution in [0.25, 0.3) is 0 Å². The summed E-state index contributed by atoms with van der Waals surface area (Å²) < 4.78 is 5.33. The number of carbonyl (C=O) groups is 2. The number of likely N-dealkylation sites (tertiary alicyclic amines) is 1. The van der Waals surface area contributed by atoms with E-state index in [9.17, 15) is 14.7 Å². The van der Waals surface area contributed by atoms with Crippen LogP contribution in [0.4, 0.5) is 10.5 Å². The lowest BCUT2D eigenvalue weighted by molar-refractivity contribution is -0.120. The third kappa shape index (κ3) is 4.47. The van der Waals surface area contributed by atoms with E-state index in [0.29, 0.717) is 5.69 Å². The number of hydrogen-bond donors (Lipinski definition) is 2. The molecule has 2 unspecified atom stereocenters. The Hall–Kier alpha value is -2.08. The molecule has 2 amide bonds. The molecule has 2 N–H and O–H groups in total. The van der Waals surface area contributed by atoms with E-state index in [1.165, 1.54) is 4.90 Å². The maximum absolute atomic E-state index is 12.6. The molecular formula is C18H26N2O4. The number of rotatable bonds is 2. The molecule has 1 saturated heterocycles. The lowest BCUT2D eigenvalue weighted by Crippen LogP contribution is -2.45. The van der Waals surface area contributed by atoms with Gasteiger partial charge in [0.1, 0.15) is 11.6 Å². The summed E-state index contributed by atoms with van der Waals surface area (Å²) in [7, 11) is 0. The SMILES string of the molecule is Cc1ccc(NC(=O)C2CC(O)CN2C(=O)OC(C)(C)C)cc1C. The number of β-amino-alcohol motifs (C(OH)–C–C–N with tert-alkyl or cyclic N) is 1. The molecule has 1 aliphatic rings. The van der Waals surface area contributed by atoms with Crippen molar-refractivity contribution in [3.63, 3.8) is 0 Å². The zero-order valence-electron chi connectivity index (χ0n) is 14.9. The number of nitrogens with zero attached hydrogens (tertiary/aromatic N) is 1. The van der Waals surface area contributed by atoms with E-state index in [4.69, 9.17) is 4.74 Å². The molecule has 6 heteroatoms. The van der Waals surface area contributed by atoms with Gasteiger partial charge in [-0.1, -0.05) is 6.07 Å². The fraction of sp³-hybridized carbons (Fsp3) is 0.556. The molecule has 0 spiro atoms. The Morgan fingerprint density at radius 3 is 2.50 bits per heavy atom.